The standard InChI is InChI=1S/C22H23N5O.C17H16N6O2/c1-3-16-4-2-6-18(17(16)5-1)19-20-21(27(14-23-20)13-15-7-8-15)25-22(24-19)26-9-11-28-12-10-26;1-2-5-23-11-19-15-14(12-3-4-13(24)18-10-12)20-17(21-16(15)23)22-6-8-25-9-7-22/h1-2,4-6,14-15H,3,7-13H2;1,3-4,10-11H,5-9H2,(H,18,24). The van der Waals surface area contributed by atoms with Crippen LogP contribution < -0.4 is 15.4 Å². The van der Waals surface area contributed by atoms with Crippen molar-refractivity contribution in [1.29, 1.82) is 0 Å². The maximum absolute atomic E-state index is 11.4. The number of nitrogens with zero attached hydrogens (tertiary/aromatic N) is 10. The zero-order chi connectivity index (χ0) is 35.7. The van der Waals surface area contributed by atoms with Crippen LogP contribution in [0.2, 0.25) is 0 Å². The predicted octanol–water partition coefficient (Wildman–Crippen LogP) is 3.96. The fourth-order valence-corrected chi connectivity index (χ4v) is 7.05. The summed E-state index contributed by atoms with van der Waals surface area (Å²) in [5, 5.41) is 0. The minimum absolute atomic E-state index is 0.166. The third kappa shape index (κ3) is 6.65. The first-order chi connectivity index (χ1) is 26.1. The lowest BCUT2D eigenvalue weighted by Crippen LogP contribution is -2.37. The largest absolute Gasteiger partial charge is 0.378 e. The van der Waals surface area contributed by atoms with E-state index in [0.717, 1.165) is 92.2 Å². The molecule has 1 saturated carbocycles. The quantitative estimate of drug-likeness (QED) is 0.241. The minimum atomic E-state index is -0.166. The van der Waals surface area contributed by atoms with Crippen molar-refractivity contribution in [2.24, 2.45) is 5.92 Å². The average Bonchev–Trinajstić information content (AvgIpc) is 3.52. The highest BCUT2D eigenvalue weighted by Crippen LogP contribution is 2.36. The van der Waals surface area contributed by atoms with Crippen molar-refractivity contribution in [2.75, 3.05) is 62.4 Å². The molecule has 2 aliphatic heterocycles. The fourth-order valence-electron chi connectivity index (χ4n) is 7.05. The van der Waals surface area contributed by atoms with Gasteiger partial charge in [0, 0.05) is 56.1 Å². The van der Waals surface area contributed by atoms with E-state index in [1.54, 1.807) is 18.6 Å². The number of imidazole rings is 2. The number of morpholine rings is 2. The van der Waals surface area contributed by atoms with Gasteiger partial charge < -0.3 is 33.4 Å². The number of fused-ring (bicyclic) bond motifs is 3. The van der Waals surface area contributed by atoms with Crippen LogP contribution in [-0.4, -0.2) is 96.6 Å². The van der Waals surface area contributed by atoms with Crippen molar-refractivity contribution in [1.82, 2.24) is 44.0 Å². The molecule has 0 amide bonds. The molecule has 10 rings (SSSR count). The Morgan fingerprint density at radius 3 is 2.13 bits per heavy atom. The van der Waals surface area contributed by atoms with Crippen molar-refractivity contribution >= 4 is 40.3 Å². The Kier molecular flexibility index (Phi) is 8.86. The topological polar surface area (TPSA) is 145 Å². The molecule has 0 unspecified atom stereocenters. The van der Waals surface area contributed by atoms with Crippen LogP contribution >= 0.6 is 0 Å². The number of benzene rings is 1. The molecule has 0 bridgehead atoms. The minimum Gasteiger partial charge on any atom is -0.378 e. The number of hydrogen-bond acceptors (Lipinski definition) is 11. The number of rotatable bonds is 7. The molecule has 0 atom stereocenters. The highest BCUT2D eigenvalue weighted by molar-refractivity contribution is 5.92. The second kappa shape index (κ2) is 14.3. The Hall–Kier alpha value is -5.91. The van der Waals surface area contributed by atoms with E-state index in [1.165, 1.54) is 30.0 Å². The van der Waals surface area contributed by atoms with Crippen molar-refractivity contribution in [3.05, 3.63) is 76.7 Å². The lowest BCUT2D eigenvalue weighted by atomic mass is 10.0. The van der Waals surface area contributed by atoms with Gasteiger partial charge in [-0.15, -0.1) is 6.42 Å². The molecule has 2 aliphatic carbocycles. The highest BCUT2D eigenvalue weighted by atomic mass is 16.5. The molecule has 268 valence electrons. The van der Waals surface area contributed by atoms with E-state index in [9.17, 15) is 4.79 Å². The molecule has 7 heterocycles. The second-order valence-electron chi connectivity index (χ2n) is 13.6. The Morgan fingerprint density at radius 2 is 1.47 bits per heavy atom. The molecule has 6 aromatic rings. The smallest absolute Gasteiger partial charge is 0.247 e. The number of H-pyrrole nitrogens is 1. The third-order valence-corrected chi connectivity index (χ3v) is 10.0. The molecule has 1 N–H and O–H groups in total. The molecule has 3 fully saturated rings. The first-order valence-corrected chi connectivity index (χ1v) is 18.2. The summed E-state index contributed by atoms with van der Waals surface area (Å²) in [5.74, 6) is 4.78. The zero-order valence-electron chi connectivity index (χ0n) is 29.3. The summed E-state index contributed by atoms with van der Waals surface area (Å²) in [6.45, 7) is 7.20. The molecule has 1 aromatic carbocycles. The molecular weight excluding hydrogens is 671 g/mol. The molecule has 4 aliphatic rings. The molecule has 0 spiro atoms. The van der Waals surface area contributed by atoms with Gasteiger partial charge in [-0.2, -0.15) is 9.97 Å². The number of pyridine rings is 1. The van der Waals surface area contributed by atoms with Gasteiger partial charge in [-0.25, -0.2) is 19.9 Å². The number of terminal acetylenes is 1. The van der Waals surface area contributed by atoms with Crippen LogP contribution in [0.1, 0.15) is 24.0 Å². The number of nitrogens with one attached hydrogen (secondary N) is 1. The van der Waals surface area contributed by atoms with Gasteiger partial charge in [-0.05, 0) is 42.4 Å². The van der Waals surface area contributed by atoms with Gasteiger partial charge in [0.2, 0.25) is 17.5 Å². The first-order valence-electron chi connectivity index (χ1n) is 18.2. The number of hydrogen-bond donors (Lipinski definition) is 1. The number of aromatic nitrogens is 9. The van der Waals surface area contributed by atoms with Crippen molar-refractivity contribution in [3.8, 4) is 34.9 Å². The molecular formula is C39H39N11O3. The van der Waals surface area contributed by atoms with Crippen LogP contribution in [0.5, 0.6) is 0 Å². The van der Waals surface area contributed by atoms with E-state index in [2.05, 4.69) is 65.6 Å². The molecule has 14 heteroatoms. The lowest BCUT2D eigenvalue weighted by molar-refractivity contribution is 0.122. The van der Waals surface area contributed by atoms with Gasteiger partial charge in [0.05, 0.1) is 45.6 Å². The SMILES string of the molecule is C#CCn1cnc2c(-c3ccc(=O)[nH]c3)nc(N3CCOCC3)nc21.C1=Cc2c(cccc2-c2nc(N3CCOCC3)nc3c2ncn3CC2CC2)C1. The van der Waals surface area contributed by atoms with Crippen molar-refractivity contribution in [2.45, 2.75) is 32.4 Å². The predicted molar refractivity (Wildman–Crippen MR) is 202 cm³/mol. The monoisotopic (exact) mass is 709 g/mol. The van der Waals surface area contributed by atoms with Gasteiger partial charge in [0.1, 0.15) is 22.4 Å². The number of aromatic amines is 1. The van der Waals surface area contributed by atoms with Crippen LogP contribution in [0.4, 0.5) is 11.9 Å². The van der Waals surface area contributed by atoms with Crippen LogP contribution in [0.15, 0.2) is 60.1 Å². The lowest BCUT2D eigenvalue weighted by Gasteiger charge is -2.27. The third-order valence-electron chi connectivity index (χ3n) is 10.0. The maximum Gasteiger partial charge on any atom is 0.247 e. The van der Waals surface area contributed by atoms with E-state index >= 15 is 0 Å². The average molecular weight is 710 g/mol. The summed E-state index contributed by atoms with van der Waals surface area (Å²) in [7, 11) is 0. The van der Waals surface area contributed by atoms with E-state index in [-0.39, 0.29) is 5.56 Å². The number of anilines is 2. The van der Waals surface area contributed by atoms with Crippen molar-refractivity contribution < 1.29 is 9.47 Å². The Balaban J connectivity index is 0.000000142. The Morgan fingerprint density at radius 1 is 0.811 bits per heavy atom. The summed E-state index contributed by atoms with van der Waals surface area (Å²) < 4.78 is 15.0. The van der Waals surface area contributed by atoms with Crippen LogP contribution in [-0.2, 0) is 29.0 Å². The van der Waals surface area contributed by atoms with Gasteiger partial charge in [-0.1, -0.05) is 36.3 Å². The highest BCUT2D eigenvalue weighted by Gasteiger charge is 2.26. The van der Waals surface area contributed by atoms with Crippen LogP contribution in [0, 0.1) is 18.3 Å². The normalized spacial score (nSPS) is 16.8. The van der Waals surface area contributed by atoms with E-state index < -0.39 is 0 Å². The van der Waals surface area contributed by atoms with Crippen molar-refractivity contribution in [3.63, 3.8) is 0 Å². The van der Waals surface area contributed by atoms with Crippen LogP contribution in [0.3, 0.4) is 0 Å². The van der Waals surface area contributed by atoms with Gasteiger partial charge in [0.25, 0.3) is 0 Å². The molecule has 14 nitrogen and oxygen atoms in total. The maximum atomic E-state index is 11.4. The van der Waals surface area contributed by atoms with Gasteiger partial charge in [-0.3, -0.25) is 4.79 Å². The molecule has 5 aromatic heterocycles. The van der Waals surface area contributed by atoms with E-state index in [0.29, 0.717) is 42.6 Å². The van der Waals surface area contributed by atoms with Gasteiger partial charge in [0.15, 0.2) is 11.3 Å². The summed E-state index contributed by atoms with van der Waals surface area (Å²) in [6.07, 6.45) is 18.7. The van der Waals surface area contributed by atoms with Gasteiger partial charge >= 0.3 is 0 Å². The van der Waals surface area contributed by atoms with E-state index in [1.807, 2.05) is 10.9 Å². The first kappa shape index (κ1) is 33.0. The zero-order valence-corrected chi connectivity index (χ0v) is 29.3. The molecule has 2 saturated heterocycles. The Labute approximate surface area is 305 Å². The number of allylic oxidation sites excluding steroid dienone is 1. The summed E-state index contributed by atoms with van der Waals surface area (Å²) >= 11 is 0. The second-order valence-corrected chi connectivity index (χ2v) is 13.6. The fraction of sp³-hybridized carbons (Fsp3) is 0.359. The van der Waals surface area contributed by atoms with Crippen LogP contribution in [0.25, 0.3) is 50.9 Å². The molecule has 0 radical (unpaired) electrons. The van der Waals surface area contributed by atoms with E-state index in [4.69, 9.17) is 35.8 Å². The molecule has 53 heavy (non-hydrogen) atoms. The summed E-state index contributed by atoms with van der Waals surface area (Å²) in [4.78, 5) is 46.9. The summed E-state index contributed by atoms with van der Waals surface area (Å²) in [6, 6.07) is 9.69. The summed E-state index contributed by atoms with van der Waals surface area (Å²) in [5.41, 5.74) is 9.20. The number of ether oxygens (including phenoxy) is 2. The Bertz CT molecular complexity index is 2410.